The van der Waals surface area contributed by atoms with E-state index >= 15 is 0 Å². The number of nitrogens with zero attached hydrogens (tertiary/aromatic N) is 2. The predicted octanol–water partition coefficient (Wildman–Crippen LogP) is 4.50. The lowest BCUT2D eigenvalue weighted by Gasteiger charge is -2.38. The van der Waals surface area contributed by atoms with Crippen LogP contribution in [-0.4, -0.2) is 47.6 Å². The first-order valence-electron chi connectivity index (χ1n) is 9.26. The van der Waals surface area contributed by atoms with Crippen LogP contribution in [0.4, 0.5) is 5.69 Å². The van der Waals surface area contributed by atoms with E-state index in [1.807, 2.05) is 0 Å². The molecule has 0 aliphatic carbocycles. The van der Waals surface area contributed by atoms with Crippen LogP contribution in [0.2, 0.25) is 0 Å². The first kappa shape index (κ1) is 19.2. The minimum atomic E-state index is 0.707. The Balaban J connectivity index is 1.89. The number of nitrogens with one attached hydrogen (secondary N) is 1. The van der Waals surface area contributed by atoms with Crippen LogP contribution in [0.3, 0.4) is 0 Å². The Morgan fingerprint density at radius 3 is 2.33 bits per heavy atom. The molecule has 0 bridgehead atoms. The number of anilines is 1. The number of rotatable bonds is 5. The molecule has 1 fully saturated rings. The van der Waals surface area contributed by atoms with Gasteiger partial charge in [0.25, 0.3) is 0 Å². The van der Waals surface area contributed by atoms with Gasteiger partial charge in [-0.25, -0.2) is 0 Å². The third-order valence-electron chi connectivity index (χ3n) is 5.15. The average molecular weight is 348 g/mol. The standard InChI is InChI=1S/C20H33N3S/c1-6-7-10-22(5)18-8-11-23(12-9-18)20(24)21-19-16(3)13-15(2)14-17(19)4/h13-14,18H,6-12H2,1-5H3,(H,21,24). The molecule has 1 saturated heterocycles. The zero-order chi connectivity index (χ0) is 17.7. The van der Waals surface area contributed by atoms with Gasteiger partial charge in [0.05, 0.1) is 0 Å². The van der Waals surface area contributed by atoms with Gasteiger partial charge in [-0.15, -0.1) is 0 Å². The SMILES string of the molecule is CCCCN(C)C1CCN(C(=S)Nc2c(C)cc(C)cc2C)CC1. The molecule has 0 atom stereocenters. The van der Waals surface area contributed by atoms with E-state index in [0.717, 1.165) is 18.2 Å². The fourth-order valence-corrected chi connectivity index (χ4v) is 3.95. The summed E-state index contributed by atoms with van der Waals surface area (Å²) in [6, 6.07) is 5.14. The molecule has 134 valence electrons. The third-order valence-corrected chi connectivity index (χ3v) is 5.51. The normalized spacial score (nSPS) is 15.8. The van der Waals surface area contributed by atoms with Crippen LogP contribution in [0.1, 0.15) is 49.3 Å². The van der Waals surface area contributed by atoms with Crippen molar-refractivity contribution in [1.29, 1.82) is 0 Å². The van der Waals surface area contributed by atoms with Gasteiger partial charge < -0.3 is 15.1 Å². The van der Waals surface area contributed by atoms with Gasteiger partial charge in [-0.1, -0.05) is 31.0 Å². The quantitative estimate of drug-likeness (QED) is 0.790. The summed E-state index contributed by atoms with van der Waals surface area (Å²) >= 11 is 5.68. The Morgan fingerprint density at radius 2 is 1.79 bits per heavy atom. The molecule has 1 aromatic rings. The van der Waals surface area contributed by atoms with Gasteiger partial charge in [0.15, 0.2) is 5.11 Å². The maximum Gasteiger partial charge on any atom is 0.173 e. The summed E-state index contributed by atoms with van der Waals surface area (Å²) in [5, 5.41) is 4.37. The van der Waals surface area contributed by atoms with Crippen molar-refractivity contribution in [3.05, 3.63) is 28.8 Å². The fourth-order valence-electron chi connectivity index (χ4n) is 3.66. The van der Waals surface area contributed by atoms with Crippen LogP contribution in [0.5, 0.6) is 0 Å². The van der Waals surface area contributed by atoms with Crippen molar-refractivity contribution in [3.63, 3.8) is 0 Å². The number of hydrogen-bond donors (Lipinski definition) is 1. The number of unbranched alkanes of at least 4 members (excludes halogenated alkanes) is 1. The van der Waals surface area contributed by atoms with Crippen LogP contribution in [0.15, 0.2) is 12.1 Å². The van der Waals surface area contributed by atoms with Crippen molar-refractivity contribution in [1.82, 2.24) is 9.80 Å². The van der Waals surface area contributed by atoms with E-state index in [-0.39, 0.29) is 0 Å². The predicted molar refractivity (Wildman–Crippen MR) is 109 cm³/mol. The Kier molecular flexibility index (Phi) is 7.05. The van der Waals surface area contributed by atoms with Gasteiger partial charge >= 0.3 is 0 Å². The molecular formula is C20H33N3S. The molecule has 4 heteroatoms. The molecule has 1 aliphatic rings. The van der Waals surface area contributed by atoms with E-state index in [2.05, 4.69) is 62.0 Å². The fraction of sp³-hybridized carbons (Fsp3) is 0.650. The zero-order valence-electron chi connectivity index (χ0n) is 16.0. The summed E-state index contributed by atoms with van der Waals surface area (Å²) in [6.45, 7) is 12.0. The van der Waals surface area contributed by atoms with Crippen molar-refractivity contribution in [2.75, 3.05) is 32.0 Å². The molecule has 0 spiro atoms. The first-order valence-corrected chi connectivity index (χ1v) is 9.67. The Bertz CT molecular complexity index is 539. The zero-order valence-corrected chi connectivity index (χ0v) is 16.8. The highest BCUT2D eigenvalue weighted by Gasteiger charge is 2.23. The number of aryl methyl sites for hydroxylation is 3. The lowest BCUT2D eigenvalue weighted by Crippen LogP contribution is -2.47. The van der Waals surface area contributed by atoms with Crippen molar-refractivity contribution in [2.45, 2.75) is 59.4 Å². The molecule has 3 nitrogen and oxygen atoms in total. The molecule has 1 aromatic carbocycles. The summed E-state index contributed by atoms with van der Waals surface area (Å²) in [6.07, 6.45) is 4.97. The molecular weight excluding hydrogens is 314 g/mol. The lowest BCUT2D eigenvalue weighted by atomic mass is 10.0. The number of hydrogen-bond acceptors (Lipinski definition) is 2. The van der Waals surface area contributed by atoms with Crippen LogP contribution in [0.25, 0.3) is 0 Å². The molecule has 0 saturated carbocycles. The highest BCUT2D eigenvalue weighted by atomic mass is 32.1. The monoisotopic (exact) mass is 347 g/mol. The molecule has 0 unspecified atom stereocenters. The molecule has 2 rings (SSSR count). The third kappa shape index (κ3) is 4.93. The summed E-state index contributed by atoms with van der Waals surface area (Å²) in [5.41, 5.74) is 5.01. The van der Waals surface area contributed by atoms with E-state index in [9.17, 15) is 0 Å². The van der Waals surface area contributed by atoms with Crippen molar-refractivity contribution < 1.29 is 0 Å². The van der Waals surface area contributed by atoms with Crippen LogP contribution < -0.4 is 5.32 Å². The molecule has 24 heavy (non-hydrogen) atoms. The summed E-state index contributed by atoms with van der Waals surface area (Å²) in [7, 11) is 2.27. The second-order valence-corrected chi connectivity index (χ2v) is 7.64. The Labute approximate surface area is 153 Å². The molecule has 0 aromatic heterocycles. The number of likely N-dealkylation sites (tertiary alicyclic amines) is 1. The van der Waals surface area contributed by atoms with E-state index in [0.29, 0.717) is 6.04 Å². The van der Waals surface area contributed by atoms with Crippen molar-refractivity contribution in [3.8, 4) is 0 Å². The van der Waals surface area contributed by atoms with Gasteiger partial charge in [0.1, 0.15) is 0 Å². The maximum absolute atomic E-state index is 5.68. The van der Waals surface area contributed by atoms with Gasteiger partial charge in [-0.2, -0.15) is 0 Å². The summed E-state index contributed by atoms with van der Waals surface area (Å²) in [4.78, 5) is 4.86. The maximum atomic E-state index is 5.68. The van der Waals surface area contributed by atoms with E-state index < -0.39 is 0 Å². The van der Waals surface area contributed by atoms with Gasteiger partial charge in [0.2, 0.25) is 0 Å². The van der Waals surface area contributed by atoms with Crippen molar-refractivity contribution in [2.24, 2.45) is 0 Å². The van der Waals surface area contributed by atoms with E-state index in [4.69, 9.17) is 12.2 Å². The van der Waals surface area contributed by atoms with Crippen LogP contribution in [0, 0.1) is 20.8 Å². The molecule has 1 heterocycles. The second-order valence-electron chi connectivity index (χ2n) is 7.26. The molecule has 1 N–H and O–H groups in total. The van der Waals surface area contributed by atoms with Crippen LogP contribution in [-0.2, 0) is 0 Å². The highest BCUT2D eigenvalue weighted by molar-refractivity contribution is 7.80. The first-order chi connectivity index (χ1) is 11.4. The largest absolute Gasteiger partial charge is 0.349 e. The summed E-state index contributed by atoms with van der Waals surface area (Å²) < 4.78 is 0. The van der Waals surface area contributed by atoms with Crippen molar-refractivity contribution >= 4 is 23.0 Å². The average Bonchev–Trinajstić information content (AvgIpc) is 2.55. The molecule has 0 amide bonds. The van der Waals surface area contributed by atoms with Crippen LogP contribution >= 0.6 is 12.2 Å². The number of benzene rings is 1. The van der Waals surface area contributed by atoms with E-state index in [1.165, 1.54) is 54.6 Å². The van der Waals surface area contributed by atoms with E-state index in [1.54, 1.807) is 0 Å². The molecule has 1 aliphatic heterocycles. The minimum Gasteiger partial charge on any atom is -0.349 e. The Hall–Kier alpha value is -1.13. The lowest BCUT2D eigenvalue weighted by molar-refractivity contribution is 0.163. The number of piperidine rings is 1. The van der Waals surface area contributed by atoms with Gasteiger partial charge in [-0.3, -0.25) is 0 Å². The number of thiocarbonyl (C=S) groups is 1. The Morgan fingerprint density at radius 1 is 1.21 bits per heavy atom. The summed E-state index contributed by atoms with van der Waals surface area (Å²) in [5.74, 6) is 0. The smallest absolute Gasteiger partial charge is 0.173 e. The molecule has 0 radical (unpaired) electrons. The minimum absolute atomic E-state index is 0.707. The second kappa shape index (κ2) is 8.82. The highest BCUT2D eigenvalue weighted by Crippen LogP contribution is 2.23. The van der Waals surface area contributed by atoms with Gasteiger partial charge in [0, 0.05) is 24.8 Å². The van der Waals surface area contributed by atoms with Gasteiger partial charge in [-0.05, 0) is 77.0 Å². The topological polar surface area (TPSA) is 18.5 Å².